The van der Waals surface area contributed by atoms with E-state index < -0.39 is 121 Å². The lowest BCUT2D eigenvalue weighted by molar-refractivity contribution is -0.118. The molecular weight excluding hydrogens is 1840 g/mol. The van der Waals surface area contributed by atoms with Crippen LogP contribution in [-0.4, -0.2) is 203 Å². The second-order valence-corrected chi connectivity index (χ2v) is 35.9. The van der Waals surface area contributed by atoms with E-state index >= 15 is 0 Å². The van der Waals surface area contributed by atoms with Crippen LogP contribution in [0.5, 0.6) is 40.2 Å². The molecule has 0 saturated heterocycles. The molecule has 0 unspecified atom stereocenters. The smallest absolute Gasteiger partial charge is 0.526 e. The van der Waals surface area contributed by atoms with Gasteiger partial charge in [-0.25, -0.2) is 42.3 Å². The maximum atomic E-state index is 14.1. The number of aryl methyl sites for hydroxylation is 5. The van der Waals surface area contributed by atoms with E-state index in [1.807, 2.05) is 18.2 Å². The van der Waals surface area contributed by atoms with Gasteiger partial charge in [0.25, 0.3) is 0 Å². The number of fused-ring (bicyclic) bond motifs is 7. The third-order valence-corrected chi connectivity index (χ3v) is 24.2. The largest absolute Gasteiger partial charge is 0.535 e. The van der Waals surface area contributed by atoms with Gasteiger partial charge in [-0.1, -0.05) is 41.4 Å². The number of benzene rings is 7. The van der Waals surface area contributed by atoms with Crippen molar-refractivity contribution < 1.29 is 179 Å². The summed E-state index contributed by atoms with van der Waals surface area (Å²) in [4.78, 5) is 157. The molecule has 0 fully saturated rings. The average Bonchev–Trinajstić information content (AvgIpc) is 0.774. The van der Waals surface area contributed by atoms with Crippen molar-refractivity contribution in [1.82, 2.24) is 0 Å². The Morgan fingerprint density at radius 3 is 0.796 bits per heavy atom. The van der Waals surface area contributed by atoms with Gasteiger partial charge in [-0.3, -0.25) is 0 Å². The van der Waals surface area contributed by atoms with Crippen molar-refractivity contribution in [2.24, 2.45) is 0 Å². The zero-order valence-electron chi connectivity index (χ0n) is 77.1. The first-order chi connectivity index (χ1) is 63.9. The summed E-state index contributed by atoms with van der Waals surface area (Å²) >= 11 is 12.2. The highest BCUT2D eigenvalue weighted by Gasteiger charge is 2.46. The van der Waals surface area contributed by atoms with E-state index in [1.165, 1.54) is 98.7 Å². The van der Waals surface area contributed by atoms with Crippen LogP contribution in [0.3, 0.4) is 0 Å². The van der Waals surface area contributed by atoms with Crippen molar-refractivity contribution in [2.75, 3.05) is 0 Å². The van der Waals surface area contributed by atoms with Crippen LogP contribution in [0, 0.1) is 60.1 Å². The Morgan fingerprint density at radius 1 is 0.292 bits per heavy atom. The number of carbonyl (C=O) groups is 14. The molecule has 0 aliphatic carbocycles. The van der Waals surface area contributed by atoms with Crippen LogP contribution in [0.15, 0.2) is 60.7 Å². The number of carboxylic acids is 7. The predicted octanol–water partition coefficient (Wildman–Crippen LogP) is 11.8. The van der Waals surface area contributed by atoms with Gasteiger partial charge in [0.2, 0.25) is 0 Å². The lowest BCUT2D eigenvalue weighted by Gasteiger charge is -2.29. The van der Waals surface area contributed by atoms with Gasteiger partial charge >= 0.3 is 91.6 Å². The highest BCUT2D eigenvalue weighted by Crippen LogP contribution is 2.47. The van der Waals surface area contributed by atoms with E-state index in [0.29, 0.717) is 70.0 Å². The van der Waals surface area contributed by atoms with Gasteiger partial charge in [-0.05, 0) is 246 Å². The topological polar surface area (TPSA) is 587 Å². The van der Waals surface area contributed by atoms with Gasteiger partial charge < -0.3 is 137 Å². The number of halogens is 4. The molecule has 14 N–H and O–H groups in total. The SMILES string of the molecule is CC(=O)C[C@H]1Cc2c(Cl)c(C)cc(C(=O)O)c2OB1O.CC(=O)C[C@H]1Cc2c(F)c(C)cc(C(=O)O)c2OB1O.CC(=O)C[C@H]1Cc2cc(C)cc(C(=O)O)c2OB1O.CC(=O)C[C@H]1Cc2cc(C)cc(C(=O)O)c2OB1O.CC(=O)C[C@H]1Cc2cc(C)cc(C(=O)O)c2OB1O.CC(=O)C[C@H]1Cc2cc(Cl)c(C)c(C(=O)O)c2OB1O.CC(=O)C[C@H]1Cc2cc(F)c(C)c(C(=O)O)c2OB1O. The van der Waals surface area contributed by atoms with Crippen LogP contribution in [0.2, 0.25) is 50.8 Å². The molecule has 0 saturated carbocycles. The fourth-order valence-electron chi connectivity index (χ4n) is 17.1. The summed E-state index contributed by atoms with van der Waals surface area (Å²) in [7, 11) is -8.40. The second-order valence-electron chi connectivity index (χ2n) is 35.1. The minimum absolute atomic E-state index is 0.0105. The maximum Gasteiger partial charge on any atom is 0.526 e. The summed E-state index contributed by atoms with van der Waals surface area (Å²) in [6.45, 7) is 21.5. The van der Waals surface area contributed by atoms with E-state index in [4.69, 9.17) is 81.3 Å². The average molecular weight is 1940 g/mol. The highest BCUT2D eigenvalue weighted by molar-refractivity contribution is 6.50. The van der Waals surface area contributed by atoms with Crippen LogP contribution >= 0.6 is 23.2 Å². The molecule has 35 nitrogen and oxygen atoms in total. The first-order valence-corrected chi connectivity index (χ1v) is 43.8. The van der Waals surface area contributed by atoms with Crippen LogP contribution in [0.25, 0.3) is 0 Å². The Morgan fingerprint density at radius 2 is 0.518 bits per heavy atom. The van der Waals surface area contributed by atoms with Crippen LogP contribution in [-0.2, 0) is 78.5 Å². The van der Waals surface area contributed by atoms with Crippen molar-refractivity contribution in [3.63, 3.8) is 0 Å². The van der Waals surface area contributed by atoms with E-state index in [9.17, 15) is 121 Å². The van der Waals surface area contributed by atoms with Crippen molar-refractivity contribution in [2.45, 2.75) is 228 Å². The Labute approximate surface area is 797 Å². The van der Waals surface area contributed by atoms with Crippen LogP contribution in [0.1, 0.15) is 244 Å². The quantitative estimate of drug-likeness (QED) is 0.0297. The van der Waals surface area contributed by atoms with Gasteiger partial charge in [-0.15, -0.1) is 0 Å². The third-order valence-electron chi connectivity index (χ3n) is 23.3. The fraction of sp³-hybridized carbons (Fsp3) is 0.385. The lowest BCUT2D eigenvalue weighted by Crippen LogP contribution is -2.36. The Hall–Kier alpha value is -12.3. The number of rotatable bonds is 21. The molecule has 7 aromatic carbocycles. The number of ketones is 7. The summed E-state index contributed by atoms with van der Waals surface area (Å²) in [5, 5.41) is 134. The van der Waals surface area contributed by atoms with Crippen molar-refractivity contribution >= 4 is 155 Å². The monoisotopic (exact) mass is 1940 g/mol. The second kappa shape index (κ2) is 47.2. The molecule has 7 heterocycles. The maximum absolute atomic E-state index is 14.1. The molecular formula is C91H101B7Cl2F2O35. The summed E-state index contributed by atoms with van der Waals surface area (Å²) in [6.07, 6.45) is 3.42. The van der Waals surface area contributed by atoms with Gasteiger partial charge in [0.05, 0.1) is 5.02 Å². The Bertz CT molecular complexity index is 5510. The Kier molecular flexibility index (Phi) is 37.9. The molecule has 14 rings (SSSR count). The molecule has 0 aromatic heterocycles. The summed E-state index contributed by atoms with van der Waals surface area (Å²) in [6, 6.07) is 15.5. The molecule has 0 bridgehead atoms. The summed E-state index contributed by atoms with van der Waals surface area (Å²) in [5.41, 5.74) is 7.09. The van der Waals surface area contributed by atoms with Crippen LogP contribution < -0.4 is 32.6 Å². The lowest BCUT2D eigenvalue weighted by atomic mass is 9.64. The molecule has 7 aliphatic heterocycles. The molecule has 0 spiro atoms. The molecule has 7 aliphatic rings. The number of aromatic carboxylic acids is 7. The minimum Gasteiger partial charge on any atom is -0.535 e. The van der Waals surface area contributed by atoms with Crippen molar-refractivity contribution in [1.29, 1.82) is 0 Å². The van der Waals surface area contributed by atoms with Gasteiger partial charge in [0.15, 0.2) is 0 Å². The third kappa shape index (κ3) is 28.0. The molecule has 724 valence electrons. The molecule has 7 aromatic rings. The first kappa shape index (κ1) is 110. The summed E-state index contributed by atoms with van der Waals surface area (Å²) < 4.78 is 64.9. The molecule has 137 heavy (non-hydrogen) atoms. The van der Waals surface area contributed by atoms with Gasteiger partial charge in [0, 0.05) is 107 Å². The Balaban J connectivity index is 0.000000196. The fourth-order valence-corrected chi connectivity index (χ4v) is 17.6. The molecule has 0 amide bonds. The van der Waals surface area contributed by atoms with E-state index in [1.54, 1.807) is 40.7 Å². The number of Topliss-reactive ketones (excluding diaryl/α,β-unsaturated/α-hetero) is 7. The van der Waals surface area contributed by atoms with E-state index in [-0.39, 0.29) is 217 Å². The van der Waals surface area contributed by atoms with E-state index in [0.717, 1.165) is 33.4 Å². The normalized spacial score (nSPS) is 17.5. The predicted molar refractivity (Wildman–Crippen MR) is 496 cm³/mol. The number of carbonyl (C=O) groups excluding carboxylic acids is 7. The van der Waals surface area contributed by atoms with Crippen molar-refractivity contribution in [3.8, 4) is 40.2 Å². The minimum atomic E-state index is -1.31. The number of carboxylic acid groups (broad SMARTS) is 7. The number of hydrogen-bond donors (Lipinski definition) is 14. The molecule has 46 heteroatoms. The number of hydrogen-bond acceptors (Lipinski definition) is 28. The zero-order chi connectivity index (χ0) is 103. The first-order valence-electron chi connectivity index (χ1n) is 43.1. The van der Waals surface area contributed by atoms with Gasteiger partial charge in [0.1, 0.15) is 131 Å². The summed E-state index contributed by atoms with van der Waals surface area (Å²) in [5.74, 6) is -11.9. The van der Waals surface area contributed by atoms with E-state index in [2.05, 4.69) is 0 Å². The van der Waals surface area contributed by atoms with Crippen LogP contribution in [0.4, 0.5) is 8.78 Å². The van der Waals surface area contributed by atoms with Gasteiger partial charge in [-0.2, -0.15) is 0 Å². The van der Waals surface area contributed by atoms with Crippen molar-refractivity contribution in [3.05, 3.63) is 199 Å². The highest BCUT2D eigenvalue weighted by atomic mass is 35.5. The zero-order valence-corrected chi connectivity index (χ0v) is 78.6. The molecule has 7 atom stereocenters. The standard InChI is InChI=1S/2C13H14BClO5.2C13H14BFO5.3C13H15BO5/c1-6(16)3-9-4-8-5-10(15)7(2)11(13(17)18)12(8)20-14(9)19;1-6-3-10(13(17)18)12-9(11(6)15)5-8(4-7(2)16)14(19)20-12;1-6(16)3-9-4-8-5-10(15)7(2)11(13(17)18)12(8)20-14(9)19;1-6-3-10(13(17)18)12-9(11(6)15)5-8(4-7(2)16)14(19)20-12;3*1-7-3-9-6-10(5-8(2)15)14(18)19-12(9)11(4-7)13(16)17/h5,9,19H,3-4H2,1-2H3,(H,17,18);3,8,19H,4-5H2,1-2H3,(H,17,18);5,9,19H,3-4H2,1-2H3,(H,17,18);3,8,19H,4-5H2,1-2H3,(H,17,18);3*3-4,10,18H,5-6H2,1-2H3,(H,16,17)/t9-;8-;9-;8-;3*10-/m0000000/s1. The molecule has 0 radical (unpaired) electrons.